The van der Waals surface area contributed by atoms with E-state index in [4.69, 9.17) is 44.9 Å². The Hall–Kier alpha value is -11.8. The van der Waals surface area contributed by atoms with Gasteiger partial charge < -0.3 is 138 Å². The van der Waals surface area contributed by atoms with Crippen LogP contribution >= 0.6 is 37.0 Å². The van der Waals surface area contributed by atoms with Crippen LogP contribution in [0.3, 0.4) is 0 Å². The molecule has 0 radical (unpaired) electrons. The highest BCUT2D eigenvalue weighted by atomic mass is 32.2. The van der Waals surface area contributed by atoms with Crippen molar-refractivity contribution in [2.45, 2.75) is 260 Å². The van der Waals surface area contributed by atoms with Crippen molar-refractivity contribution in [1.29, 1.82) is 16.2 Å². The van der Waals surface area contributed by atoms with Gasteiger partial charge in [-0.3, -0.25) is 92.9 Å². The molecule has 5 rings (SSSR count). The monoisotopic (exact) mass is 1940 g/mol. The number of aromatic amines is 1. The molecule has 3 saturated heterocycles. The predicted molar refractivity (Wildman–Crippen MR) is 503 cm³/mol. The number of carboxylic acid groups (broad SMARTS) is 1. The van der Waals surface area contributed by atoms with Crippen molar-refractivity contribution in [3.05, 3.63) is 54.1 Å². The Bertz CT molecular complexity index is 4330. The van der Waals surface area contributed by atoms with E-state index in [1.807, 2.05) is 0 Å². The summed E-state index contributed by atoms with van der Waals surface area (Å²) in [5.74, 6) is -17.5. The Morgan fingerprint density at radius 1 is 0.470 bits per heavy atom. The van der Waals surface area contributed by atoms with E-state index >= 15 is 0 Å². The fraction of sp³-hybridized carbons (Fsp3) is 0.655. The third-order valence-electron chi connectivity index (χ3n) is 22.5. The Morgan fingerprint density at radius 2 is 0.858 bits per heavy atom. The smallest absolute Gasteiger partial charge is 0.326 e. The lowest BCUT2D eigenvalue weighted by molar-refractivity contribution is -0.150. The molecule has 3 aliphatic rings. The molecule has 134 heavy (non-hydrogen) atoms. The number of thioether (sulfide) groups is 1. The zero-order valence-corrected chi connectivity index (χ0v) is 79.4. The third-order valence-corrected chi connectivity index (χ3v) is 23.9. The Kier molecular flexibility index (Phi) is 48.5. The maximum atomic E-state index is 15.0. The largest absolute Gasteiger partial charge is 0.480 e. The van der Waals surface area contributed by atoms with Gasteiger partial charge in [0.1, 0.15) is 90.6 Å². The second-order valence-electron chi connectivity index (χ2n) is 34.4. The number of rotatable bonds is 58. The van der Waals surface area contributed by atoms with E-state index in [1.165, 1.54) is 39.0 Å². The molecule has 47 nitrogen and oxygen atoms in total. The van der Waals surface area contributed by atoms with Gasteiger partial charge in [0.05, 0.1) is 19.0 Å². The number of H-pyrrole nitrogens is 1. The number of benzene rings is 1. The number of aromatic nitrogens is 2. The van der Waals surface area contributed by atoms with Crippen molar-refractivity contribution in [2.75, 3.05) is 69.4 Å². The number of nitrogens with one attached hydrogen (secondary N) is 19. The summed E-state index contributed by atoms with van der Waals surface area (Å²) in [5.41, 5.74) is 29.0. The summed E-state index contributed by atoms with van der Waals surface area (Å²) in [7, 11) is 0. The maximum Gasteiger partial charge on any atom is 0.326 e. The van der Waals surface area contributed by atoms with Crippen molar-refractivity contribution < 1.29 is 91.7 Å². The minimum absolute atomic E-state index is 0.00194. The first kappa shape index (κ1) is 113. The van der Waals surface area contributed by atoms with Gasteiger partial charge in [0.15, 0.2) is 17.9 Å². The molecule has 2 aromatic rings. The van der Waals surface area contributed by atoms with Crippen molar-refractivity contribution in [3.63, 3.8) is 0 Å². The summed E-state index contributed by atoms with van der Waals surface area (Å²) in [6.45, 7) is 9.49. The van der Waals surface area contributed by atoms with E-state index in [0.29, 0.717) is 24.1 Å². The van der Waals surface area contributed by atoms with Crippen LogP contribution in [0.4, 0.5) is 0 Å². The molecule has 4 heterocycles. The van der Waals surface area contributed by atoms with Gasteiger partial charge in [0.25, 0.3) is 0 Å². The number of carbonyl (C=O) groups excluding carboxylic acids is 16. The van der Waals surface area contributed by atoms with Crippen molar-refractivity contribution >= 4 is 155 Å². The number of thiol groups is 2. The SMILES string of the molecule is CSCC[C@H](NC(=O)[C@H](CS)NC(=O)[C@H](CCCNC(=N)N)NC(=O)[C@H](CCCNC(=N)N)NC(=O)[C@H](CCC(N)=O)NC(=O)[C@H](CC(C)C)NC(=O)[C@@H](N)CS)C(=O)N1CCC[C@H]1C(=O)N[C@@H](CC(C)C)C(=O)N[C@@H](Cc1cnc[nH]1)C(=O)N[C@@H](CO)C(=O)N[C@@H](CCCNC(=N)N)C(=O)N[C@H](C(=O)N1CCC[C@H]1C(=O)N[C@@H](Cc1ccccc1)C(=O)N1CCC[C@H]1C(=O)O)C(C)C. The number of nitrogens with zero attached hydrogens (tertiary/aromatic N) is 4. The van der Waals surface area contributed by atoms with Gasteiger partial charge in [-0.15, -0.1) is 0 Å². The number of carboxylic acids is 1. The van der Waals surface area contributed by atoms with Gasteiger partial charge in [-0.25, -0.2) is 9.78 Å². The molecule has 3 fully saturated rings. The molecule has 0 spiro atoms. The number of primary amides is 1. The Morgan fingerprint density at radius 3 is 1.29 bits per heavy atom. The normalized spacial score (nSPS) is 17.6. The number of hydrogen-bond acceptors (Lipinski definition) is 26. The first-order chi connectivity index (χ1) is 63.5. The highest BCUT2D eigenvalue weighted by Crippen LogP contribution is 2.26. The number of likely N-dealkylation sites (tertiary alicyclic amines) is 3. The molecule has 1 aromatic carbocycles. The van der Waals surface area contributed by atoms with Gasteiger partial charge >= 0.3 is 5.97 Å². The predicted octanol–water partition coefficient (Wildman–Crippen LogP) is -6.19. The van der Waals surface area contributed by atoms with E-state index in [-0.39, 0.29) is 165 Å². The molecule has 0 saturated carbocycles. The first-order valence-electron chi connectivity index (χ1n) is 44.9. The summed E-state index contributed by atoms with van der Waals surface area (Å²) in [4.78, 5) is 252. The minimum Gasteiger partial charge on any atom is -0.480 e. The fourth-order valence-corrected chi connectivity index (χ4v) is 16.3. The van der Waals surface area contributed by atoms with Crippen LogP contribution in [0, 0.1) is 34.0 Å². The quantitative estimate of drug-likeness (QED) is 0.0127. The summed E-state index contributed by atoms with van der Waals surface area (Å²) in [5, 5.41) is 83.3. The van der Waals surface area contributed by atoms with Crippen molar-refractivity contribution in [2.24, 2.45) is 46.4 Å². The van der Waals surface area contributed by atoms with Crippen LogP contribution in [-0.4, -0.2) is 319 Å². The lowest BCUT2D eigenvalue weighted by atomic mass is 10.00. The number of guanidine groups is 3. The lowest BCUT2D eigenvalue weighted by Crippen LogP contribution is -2.62. The number of imidazole rings is 1. The molecular weight excluding hydrogens is 1800 g/mol. The molecule has 3 aliphatic heterocycles. The maximum absolute atomic E-state index is 15.0. The average Bonchev–Trinajstić information content (AvgIpc) is 1.67. The van der Waals surface area contributed by atoms with Gasteiger partial charge in [-0.1, -0.05) is 71.9 Å². The highest BCUT2D eigenvalue weighted by Gasteiger charge is 2.46. The number of carbonyl (C=O) groups is 17. The van der Waals surface area contributed by atoms with Crippen LogP contribution in [0.1, 0.15) is 162 Å². The van der Waals surface area contributed by atoms with Gasteiger partial charge in [0.2, 0.25) is 94.5 Å². The lowest BCUT2D eigenvalue weighted by Gasteiger charge is -2.33. The average molecular weight is 1940 g/mol. The van der Waals surface area contributed by atoms with Crippen LogP contribution < -0.4 is 108 Å². The Labute approximate surface area is 793 Å². The van der Waals surface area contributed by atoms with Crippen LogP contribution in [0.2, 0.25) is 0 Å². The molecule has 16 amide bonds. The van der Waals surface area contributed by atoms with E-state index in [2.05, 4.69) is 115 Å². The van der Waals surface area contributed by atoms with E-state index in [0.717, 1.165) is 0 Å². The number of aliphatic hydroxyl groups excluding tert-OH is 1. The standard InChI is InChI=1S/C84H138N28O19S3/c1-44(2)35-55(103-66(115)49(85)41-132)71(120)101-53(25-26-64(86)114)69(118)99-50(19-11-28-94-82(87)88)67(116)98-51(20-12-29-95-83(89)90)68(117)108-60(42-133)75(124)102-54(27-34-134-7)78(127)110-31-14-22-61(110)76(125)105-56(36-45(3)4)72(121)104-57(38-48-39-93-43-97-48)73(122)107-59(40-113)74(123)100-52(21-13-30-96-84(91)92)70(119)109-65(46(5)6)80(129)111-32-15-23-62(111)77(126)106-58(37-47-17-9-8-10-18-47)79(128)112-33-16-24-63(112)81(130)131/h8-10,17-18,39,43-46,49-63,65,113,132-133H,11-16,19-38,40-42,85H2,1-7H3,(H2,86,114)(H,93,97)(H,98,116)(H,99,118)(H,100,123)(H,101,120)(H,102,124)(H,103,115)(H,104,121)(H,105,125)(H,106,126)(H,107,122)(H,108,117)(H,109,119)(H,130,131)(H4,87,88,94)(H4,89,90,95)(H4,91,92,96)/t49-,50-,51-,52-,53-,54-,55-,56-,57-,58-,59-,60-,61-,62-,63-,65-/m0/s1. The van der Waals surface area contributed by atoms with Crippen LogP contribution in [0.25, 0.3) is 0 Å². The summed E-state index contributed by atoms with van der Waals surface area (Å²) in [6.07, 6.45) is 4.39. The molecule has 0 aliphatic carbocycles. The number of nitrogens with two attached hydrogens (primary N) is 5. The molecule has 746 valence electrons. The number of amides is 16. The Balaban J connectivity index is 1.34. The summed E-state index contributed by atoms with van der Waals surface area (Å²) >= 11 is 9.78. The molecule has 16 atom stereocenters. The van der Waals surface area contributed by atoms with E-state index < -0.39 is 240 Å². The topological polar surface area (TPSA) is 751 Å². The van der Waals surface area contributed by atoms with Gasteiger partial charge in [0, 0.05) is 81.9 Å². The number of aliphatic hydroxyl groups is 1. The van der Waals surface area contributed by atoms with Gasteiger partial charge in [-0.2, -0.15) is 37.0 Å². The van der Waals surface area contributed by atoms with E-state index in [1.54, 1.807) is 78.1 Å². The molecule has 0 bridgehead atoms. The number of aliphatic carboxylic acids is 1. The molecule has 0 unspecified atom stereocenters. The van der Waals surface area contributed by atoms with Crippen molar-refractivity contribution in [3.8, 4) is 0 Å². The third kappa shape index (κ3) is 37.6. The second kappa shape index (κ2) is 57.7. The van der Waals surface area contributed by atoms with Gasteiger partial charge in [-0.05, 0) is 138 Å². The van der Waals surface area contributed by atoms with E-state index in [9.17, 15) is 91.7 Å². The highest BCUT2D eigenvalue weighted by molar-refractivity contribution is 7.98. The molecule has 1 aromatic heterocycles. The zero-order valence-electron chi connectivity index (χ0n) is 76.8. The van der Waals surface area contributed by atoms with Crippen LogP contribution in [-0.2, 0) is 94.3 Å². The minimum atomic E-state index is -1.84. The number of hydrogen-bond donors (Lipinski definition) is 28. The van der Waals surface area contributed by atoms with Crippen LogP contribution in [0.5, 0.6) is 0 Å². The van der Waals surface area contributed by atoms with Crippen molar-refractivity contribution in [1.82, 2.24) is 104 Å². The molecule has 50 heteroatoms. The van der Waals surface area contributed by atoms with Crippen LogP contribution in [0.15, 0.2) is 42.9 Å². The summed E-state index contributed by atoms with van der Waals surface area (Å²) in [6, 6.07) is -13.5. The summed E-state index contributed by atoms with van der Waals surface area (Å²) < 4.78 is 0. The first-order valence-corrected chi connectivity index (χ1v) is 47.6. The zero-order chi connectivity index (χ0) is 99.6. The second-order valence-corrected chi connectivity index (χ2v) is 36.1. The fourth-order valence-electron chi connectivity index (χ4n) is 15.4. The molecular formula is C84H138N28O19S3. The molecule has 31 N–H and O–H groups in total.